The molecule has 1 amide bonds. The van der Waals surface area contributed by atoms with E-state index in [1.165, 1.54) is 19.4 Å². The van der Waals surface area contributed by atoms with Crippen LogP contribution in [0, 0.1) is 5.82 Å². The van der Waals surface area contributed by atoms with Crippen molar-refractivity contribution in [2.24, 2.45) is 0 Å². The molecule has 1 fully saturated rings. The Morgan fingerprint density at radius 1 is 1.13 bits per heavy atom. The van der Waals surface area contributed by atoms with Gasteiger partial charge in [0.15, 0.2) is 11.6 Å². The maximum atomic E-state index is 13.9. The van der Waals surface area contributed by atoms with Crippen LogP contribution in [-0.2, 0) is 17.9 Å². The molecule has 30 heavy (non-hydrogen) atoms. The number of amides is 1. The largest absolute Gasteiger partial charge is 0.494 e. The van der Waals surface area contributed by atoms with Gasteiger partial charge in [-0.05, 0) is 29.8 Å². The number of halogens is 1. The number of para-hydroxylation sites is 1. The molecule has 0 radical (unpaired) electrons. The number of rotatable bonds is 5. The molecule has 1 aliphatic rings. The molecular formula is C22H23FN4O3. The summed E-state index contributed by atoms with van der Waals surface area (Å²) in [6, 6.07) is 12.1. The van der Waals surface area contributed by atoms with Crippen molar-refractivity contribution < 1.29 is 13.9 Å². The predicted molar refractivity (Wildman–Crippen MR) is 111 cm³/mol. The highest BCUT2D eigenvalue weighted by atomic mass is 19.1. The van der Waals surface area contributed by atoms with Crippen LogP contribution in [0.3, 0.4) is 0 Å². The number of carbonyl (C=O) groups excluding carboxylic acids is 1. The summed E-state index contributed by atoms with van der Waals surface area (Å²) in [7, 11) is 1.44. The lowest BCUT2D eigenvalue weighted by Gasteiger charge is -2.35. The molecule has 0 spiro atoms. The van der Waals surface area contributed by atoms with Crippen molar-refractivity contribution >= 4 is 16.8 Å². The second-order valence-corrected chi connectivity index (χ2v) is 7.31. The molecule has 0 unspecified atom stereocenters. The lowest BCUT2D eigenvalue weighted by molar-refractivity contribution is -0.133. The summed E-state index contributed by atoms with van der Waals surface area (Å²) in [6.07, 6.45) is 1.25. The second kappa shape index (κ2) is 8.62. The first kappa shape index (κ1) is 20.0. The average Bonchev–Trinajstić information content (AvgIpc) is 2.76. The Labute approximate surface area is 173 Å². The molecule has 1 aliphatic heterocycles. The van der Waals surface area contributed by atoms with Gasteiger partial charge in [-0.25, -0.2) is 4.39 Å². The van der Waals surface area contributed by atoms with E-state index in [1.807, 2.05) is 12.1 Å². The van der Waals surface area contributed by atoms with Gasteiger partial charge in [0.2, 0.25) is 11.3 Å². The molecule has 7 nitrogen and oxygen atoms in total. The molecule has 156 valence electrons. The topological polar surface area (TPSA) is 67.7 Å². The number of benzene rings is 2. The second-order valence-electron chi connectivity index (χ2n) is 7.31. The molecule has 4 rings (SSSR count). The summed E-state index contributed by atoms with van der Waals surface area (Å²) in [5.74, 6) is -0.172. The molecule has 0 saturated carbocycles. The third-order valence-corrected chi connectivity index (χ3v) is 5.39. The number of aromatic nitrogens is 2. The summed E-state index contributed by atoms with van der Waals surface area (Å²) in [5.41, 5.74) is 1.37. The van der Waals surface area contributed by atoms with Crippen LogP contribution in [0.5, 0.6) is 5.75 Å². The standard InChI is InChI=1S/C22H23FN4O3/c1-30-21-7-6-16(12-18(21)23)14-25-8-10-26(11-9-25)22(29)15-27-19-5-3-2-4-17(19)20(28)13-24-27/h2-7,12-13H,8-11,14-15H2,1H3. The third kappa shape index (κ3) is 4.18. The van der Waals surface area contributed by atoms with Crippen molar-refractivity contribution in [2.75, 3.05) is 33.3 Å². The van der Waals surface area contributed by atoms with Crippen molar-refractivity contribution in [1.82, 2.24) is 19.6 Å². The van der Waals surface area contributed by atoms with E-state index in [2.05, 4.69) is 10.00 Å². The summed E-state index contributed by atoms with van der Waals surface area (Å²) in [6.45, 7) is 3.31. The maximum Gasteiger partial charge on any atom is 0.244 e. The lowest BCUT2D eigenvalue weighted by atomic mass is 10.2. The van der Waals surface area contributed by atoms with Crippen LogP contribution in [0.25, 0.3) is 10.9 Å². The summed E-state index contributed by atoms with van der Waals surface area (Å²) >= 11 is 0. The monoisotopic (exact) mass is 410 g/mol. The minimum absolute atomic E-state index is 0.0357. The zero-order valence-electron chi connectivity index (χ0n) is 16.8. The molecule has 2 aromatic carbocycles. The summed E-state index contributed by atoms with van der Waals surface area (Å²) in [5, 5.41) is 4.69. The average molecular weight is 410 g/mol. The highest BCUT2D eigenvalue weighted by Gasteiger charge is 2.22. The van der Waals surface area contributed by atoms with Crippen molar-refractivity contribution in [3.05, 3.63) is 70.3 Å². The van der Waals surface area contributed by atoms with Gasteiger partial charge in [-0.1, -0.05) is 18.2 Å². The Kier molecular flexibility index (Phi) is 5.76. The molecular weight excluding hydrogens is 387 g/mol. The number of piperazine rings is 1. The Bertz CT molecular complexity index is 1120. The Morgan fingerprint density at radius 2 is 1.90 bits per heavy atom. The minimum Gasteiger partial charge on any atom is -0.494 e. The predicted octanol–water partition coefficient (Wildman–Crippen LogP) is 1.89. The fourth-order valence-corrected chi connectivity index (χ4v) is 3.74. The summed E-state index contributed by atoms with van der Waals surface area (Å²) < 4.78 is 20.4. The van der Waals surface area contributed by atoms with E-state index < -0.39 is 0 Å². The van der Waals surface area contributed by atoms with E-state index in [-0.39, 0.29) is 29.4 Å². The van der Waals surface area contributed by atoms with Crippen molar-refractivity contribution in [2.45, 2.75) is 13.1 Å². The van der Waals surface area contributed by atoms with Gasteiger partial charge in [-0.2, -0.15) is 5.10 Å². The first-order valence-electron chi connectivity index (χ1n) is 9.82. The zero-order valence-corrected chi connectivity index (χ0v) is 16.8. The lowest BCUT2D eigenvalue weighted by Crippen LogP contribution is -2.49. The fraction of sp³-hybridized carbons (Fsp3) is 0.318. The highest BCUT2D eigenvalue weighted by Crippen LogP contribution is 2.19. The van der Waals surface area contributed by atoms with Gasteiger partial charge >= 0.3 is 0 Å². The van der Waals surface area contributed by atoms with Gasteiger partial charge in [0.05, 0.1) is 18.8 Å². The molecule has 8 heteroatoms. The Balaban J connectivity index is 1.36. The molecule has 0 N–H and O–H groups in total. The van der Waals surface area contributed by atoms with E-state index in [0.717, 1.165) is 5.56 Å². The van der Waals surface area contributed by atoms with E-state index in [1.54, 1.807) is 33.8 Å². The molecule has 0 aliphatic carbocycles. The molecule has 1 saturated heterocycles. The van der Waals surface area contributed by atoms with Crippen LogP contribution in [-0.4, -0.2) is 58.8 Å². The van der Waals surface area contributed by atoms with Crippen LogP contribution >= 0.6 is 0 Å². The molecule has 0 atom stereocenters. The number of ether oxygens (including phenoxy) is 1. The smallest absolute Gasteiger partial charge is 0.244 e. The SMILES string of the molecule is COc1ccc(CN2CCN(C(=O)Cn3ncc(=O)c4ccccc43)CC2)cc1F. The van der Waals surface area contributed by atoms with Gasteiger partial charge in [-0.15, -0.1) is 0 Å². The van der Waals surface area contributed by atoms with E-state index in [4.69, 9.17) is 4.74 Å². The van der Waals surface area contributed by atoms with Gasteiger partial charge < -0.3 is 9.64 Å². The maximum absolute atomic E-state index is 13.9. The van der Waals surface area contributed by atoms with Crippen molar-refractivity contribution in [3.8, 4) is 5.75 Å². The number of carbonyl (C=O) groups is 1. The number of nitrogens with zero attached hydrogens (tertiary/aromatic N) is 4. The first-order chi connectivity index (χ1) is 14.5. The van der Waals surface area contributed by atoms with Crippen molar-refractivity contribution in [3.63, 3.8) is 0 Å². The minimum atomic E-state index is -0.371. The Hall–Kier alpha value is -3.26. The van der Waals surface area contributed by atoms with Crippen LogP contribution in [0.15, 0.2) is 53.5 Å². The van der Waals surface area contributed by atoms with Gasteiger partial charge in [0, 0.05) is 38.1 Å². The van der Waals surface area contributed by atoms with E-state index in [0.29, 0.717) is 43.6 Å². The number of hydrogen-bond donors (Lipinski definition) is 0. The first-order valence-corrected chi connectivity index (χ1v) is 9.82. The zero-order chi connectivity index (χ0) is 21.1. The highest BCUT2D eigenvalue weighted by molar-refractivity contribution is 5.81. The molecule has 2 heterocycles. The Morgan fingerprint density at radius 3 is 2.63 bits per heavy atom. The van der Waals surface area contributed by atoms with Crippen LogP contribution in [0.2, 0.25) is 0 Å². The number of fused-ring (bicyclic) bond motifs is 1. The normalized spacial score (nSPS) is 14.8. The molecule has 1 aromatic heterocycles. The van der Waals surface area contributed by atoms with Gasteiger partial charge in [0.25, 0.3) is 0 Å². The van der Waals surface area contributed by atoms with Gasteiger partial charge in [0.1, 0.15) is 6.54 Å². The van der Waals surface area contributed by atoms with E-state index in [9.17, 15) is 14.0 Å². The third-order valence-electron chi connectivity index (χ3n) is 5.39. The van der Waals surface area contributed by atoms with Gasteiger partial charge in [-0.3, -0.25) is 19.2 Å². The van der Waals surface area contributed by atoms with E-state index >= 15 is 0 Å². The molecule has 3 aromatic rings. The van der Waals surface area contributed by atoms with Crippen LogP contribution in [0.4, 0.5) is 4.39 Å². The van der Waals surface area contributed by atoms with Crippen LogP contribution in [0.1, 0.15) is 5.56 Å². The molecule has 0 bridgehead atoms. The van der Waals surface area contributed by atoms with Crippen molar-refractivity contribution in [1.29, 1.82) is 0 Å². The summed E-state index contributed by atoms with van der Waals surface area (Å²) in [4.78, 5) is 28.7. The quantitative estimate of drug-likeness (QED) is 0.643. The van der Waals surface area contributed by atoms with Crippen LogP contribution < -0.4 is 10.2 Å². The number of hydrogen-bond acceptors (Lipinski definition) is 5. The fourth-order valence-electron chi connectivity index (χ4n) is 3.74. The number of methoxy groups -OCH3 is 1.